The molecule has 12 heteroatoms. The molecule has 3 N–H and O–H groups in total. The van der Waals surface area contributed by atoms with Crippen molar-refractivity contribution in [3.63, 3.8) is 0 Å². The SMILES string of the molecule is O=S(=O)(Nc1ccc(F)c(-c2ccc3nc(NC4CCOCC4)ncc3c2)c1F)c1cc(Cl)cc2c1CCC2O. The van der Waals surface area contributed by atoms with Gasteiger partial charge in [-0.15, -0.1) is 0 Å². The number of halogens is 3. The monoisotopic (exact) mass is 586 g/mol. The van der Waals surface area contributed by atoms with E-state index >= 15 is 4.39 Å². The molecule has 8 nitrogen and oxygen atoms in total. The van der Waals surface area contributed by atoms with Gasteiger partial charge in [-0.3, -0.25) is 4.72 Å². The first kappa shape index (κ1) is 26.8. The second-order valence-electron chi connectivity index (χ2n) is 9.91. The molecule has 0 amide bonds. The fourth-order valence-corrected chi connectivity index (χ4v) is 6.93. The Morgan fingerprint density at radius 3 is 2.65 bits per heavy atom. The first-order chi connectivity index (χ1) is 19.2. The molecule has 1 saturated heterocycles. The fourth-order valence-electron chi connectivity index (χ4n) is 5.25. The number of sulfonamides is 1. The van der Waals surface area contributed by atoms with Crippen molar-refractivity contribution >= 4 is 44.2 Å². The van der Waals surface area contributed by atoms with Crippen LogP contribution >= 0.6 is 11.6 Å². The number of anilines is 2. The summed E-state index contributed by atoms with van der Waals surface area (Å²) in [6.45, 7) is 1.34. The third-order valence-corrected chi connectivity index (χ3v) is 8.93. The number of hydrogen-bond acceptors (Lipinski definition) is 7. The number of ether oxygens (including phenoxy) is 1. The third kappa shape index (κ3) is 5.10. The molecule has 6 rings (SSSR count). The van der Waals surface area contributed by atoms with Crippen LogP contribution in [0, 0.1) is 11.6 Å². The molecule has 1 atom stereocenters. The van der Waals surface area contributed by atoms with E-state index in [0.717, 1.165) is 25.0 Å². The predicted molar refractivity (Wildman–Crippen MR) is 148 cm³/mol. The molecule has 208 valence electrons. The maximum absolute atomic E-state index is 15.7. The average molecular weight is 587 g/mol. The quantitative estimate of drug-likeness (QED) is 0.269. The Morgan fingerprint density at radius 1 is 1.05 bits per heavy atom. The van der Waals surface area contributed by atoms with Crippen molar-refractivity contribution < 1.29 is 27.0 Å². The molecule has 1 aliphatic heterocycles. The van der Waals surface area contributed by atoms with Crippen LogP contribution in [0.15, 0.2) is 53.6 Å². The molecule has 0 bridgehead atoms. The van der Waals surface area contributed by atoms with Crippen LogP contribution < -0.4 is 10.0 Å². The van der Waals surface area contributed by atoms with Gasteiger partial charge >= 0.3 is 0 Å². The minimum atomic E-state index is -4.31. The number of nitrogens with zero attached hydrogens (tertiary/aromatic N) is 2. The molecule has 0 saturated carbocycles. The van der Waals surface area contributed by atoms with Gasteiger partial charge in [0.2, 0.25) is 5.95 Å². The lowest BCUT2D eigenvalue weighted by Crippen LogP contribution is -2.28. The van der Waals surface area contributed by atoms with E-state index in [9.17, 15) is 17.9 Å². The molecule has 4 aromatic rings. The Labute approximate surface area is 234 Å². The molecule has 40 heavy (non-hydrogen) atoms. The first-order valence-electron chi connectivity index (χ1n) is 12.8. The number of hydrogen-bond donors (Lipinski definition) is 3. The van der Waals surface area contributed by atoms with Gasteiger partial charge in [0.05, 0.1) is 27.8 Å². The van der Waals surface area contributed by atoms with E-state index in [1.807, 2.05) is 0 Å². The number of aromatic nitrogens is 2. The Morgan fingerprint density at radius 2 is 1.85 bits per heavy atom. The van der Waals surface area contributed by atoms with Crippen molar-refractivity contribution in [2.45, 2.75) is 42.7 Å². The van der Waals surface area contributed by atoms with Gasteiger partial charge in [0.15, 0.2) is 5.82 Å². The van der Waals surface area contributed by atoms with Crippen molar-refractivity contribution in [3.05, 3.63) is 76.4 Å². The number of nitrogens with one attached hydrogen (secondary N) is 2. The zero-order valence-electron chi connectivity index (χ0n) is 21.1. The van der Waals surface area contributed by atoms with Crippen LogP contribution in [0.3, 0.4) is 0 Å². The highest BCUT2D eigenvalue weighted by Crippen LogP contribution is 2.39. The van der Waals surface area contributed by atoms with Gasteiger partial charge in [-0.05, 0) is 78.8 Å². The molecule has 1 aromatic heterocycles. The van der Waals surface area contributed by atoms with E-state index < -0.39 is 39.0 Å². The van der Waals surface area contributed by atoms with E-state index in [0.29, 0.717) is 54.0 Å². The van der Waals surface area contributed by atoms with Gasteiger partial charge in [0, 0.05) is 35.9 Å². The summed E-state index contributed by atoms with van der Waals surface area (Å²) in [7, 11) is -4.31. The summed E-state index contributed by atoms with van der Waals surface area (Å²) in [6, 6.07) is 9.75. The van der Waals surface area contributed by atoms with E-state index in [-0.39, 0.29) is 21.5 Å². The highest BCUT2D eigenvalue weighted by molar-refractivity contribution is 7.92. The second-order valence-corrected chi connectivity index (χ2v) is 12.0. The maximum Gasteiger partial charge on any atom is 0.262 e. The number of aliphatic hydroxyl groups is 1. The van der Waals surface area contributed by atoms with Crippen molar-refractivity contribution in [1.29, 1.82) is 0 Å². The molecule has 1 fully saturated rings. The van der Waals surface area contributed by atoms with Crippen molar-refractivity contribution in [2.24, 2.45) is 0 Å². The Balaban J connectivity index is 1.31. The number of benzene rings is 3. The van der Waals surface area contributed by atoms with Crippen LogP contribution in [0.1, 0.15) is 36.5 Å². The predicted octanol–water partition coefficient (Wildman–Crippen LogP) is 5.60. The Hall–Kier alpha value is -3.38. The third-order valence-electron chi connectivity index (χ3n) is 7.28. The summed E-state index contributed by atoms with van der Waals surface area (Å²) in [5, 5.41) is 14.2. The summed E-state index contributed by atoms with van der Waals surface area (Å²) in [5.41, 5.74) is 0.825. The minimum Gasteiger partial charge on any atom is -0.388 e. The Kier molecular flexibility index (Phi) is 7.07. The molecule has 0 spiro atoms. The maximum atomic E-state index is 15.7. The summed E-state index contributed by atoms with van der Waals surface area (Å²) in [4.78, 5) is 8.72. The van der Waals surface area contributed by atoms with Crippen LogP contribution in [0.5, 0.6) is 0 Å². The normalized spacial score (nSPS) is 17.6. The molecule has 2 heterocycles. The molecule has 3 aromatic carbocycles. The zero-order valence-corrected chi connectivity index (χ0v) is 22.7. The van der Waals surface area contributed by atoms with Crippen LogP contribution in [0.25, 0.3) is 22.0 Å². The highest BCUT2D eigenvalue weighted by atomic mass is 35.5. The lowest BCUT2D eigenvalue weighted by molar-refractivity contribution is 0.0903. The summed E-state index contributed by atoms with van der Waals surface area (Å²) in [5.74, 6) is -1.47. The van der Waals surface area contributed by atoms with Crippen LogP contribution in [-0.4, -0.2) is 42.7 Å². The second kappa shape index (κ2) is 10.5. The zero-order chi connectivity index (χ0) is 28.0. The number of fused-ring (bicyclic) bond motifs is 2. The largest absolute Gasteiger partial charge is 0.388 e. The van der Waals surface area contributed by atoms with Crippen LogP contribution in [0.4, 0.5) is 20.4 Å². The molecule has 1 unspecified atom stereocenters. The molecule has 0 radical (unpaired) electrons. The van der Waals surface area contributed by atoms with Crippen molar-refractivity contribution in [1.82, 2.24) is 9.97 Å². The highest BCUT2D eigenvalue weighted by Gasteiger charge is 2.30. The first-order valence-corrected chi connectivity index (χ1v) is 14.7. The minimum absolute atomic E-state index is 0.129. The summed E-state index contributed by atoms with van der Waals surface area (Å²) < 4.78 is 64.9. The van der Waals surface area contributed by atoms with Gasteiger partial charge in [-0.2, -0.15) is 0 Å². The van der Waals surface area contributed by atoms with E-state index in [2.05, 4.69) is 20.0 Å². The summed E-state index contributed by atoms with van der Waals surface area (Å²) >= 11 is 6.12. The average Bonchev–Trinajstić information content (AvgIpc) is 3.30. The van der Waals surface area contributed by atoms with E-state index in [1.54, 1.807) is 18.3 Å². The van der Waals surface area contributed by atoms with E-state index in [1.165, 1.54) is 18.2 Å². The molecular weight excluding hydrogens is 562 g/mol. The fraction of sp³-hybridized carbons (Fsp3) is 0.286. The topological polar surface area (TPSA) is 113 Å². The van der Waals surface area contributed by atoms with E-state index in [4.69, 9.17) is 16.3 Å². The van der Waals surface area contributed by atoms with Gasteiger partial charge in [-0.1, -0.05) is 17.7 Å². The van der Waals surface area contributed by atoms with Crippen LogP contribution in [0.2, 0.25) is 5.02 Å². The Bertz CT molecular complexity index is 1730. The van der Waals surface area contributed by atoms with Crippen molar-refractivity contribution in [2.75, 3.05) is 23.3 Å². The van der Waals surface area contributed by atoms with Gasteiger partial charge in [0.25, 0.3) is 10.0 Å². The molecular formula is C28H25ClF2N4O4S. The van der Waals surface area contributed by atoms with Gasteiger partial charge in [0.1, 0.15) is 5.82 Å². The molecule has 1 aliphatic carbocycles. The standard InChI is InChI=1S/C28H25ClF2N4O4S/c29-17-12-20-19(2-6-24(20)36)25(13-17)40(37,38)35-23-5-3-21(30)26(27(23)31)15-1-4-22-16(11-15)14-32-28(34-22)33-18-7-9-39-10-8-18/h1,3-5,11-14,18,24,35-36H,2,6-10H2,(H,32,33,34). The summed E-state index contributed by atoms with van der Waals surface area (Å²) in [6.07, 6.45) is 3.12. The van der Waals surface area contributed by atoms with Crippen LogP contribution in [-0.2, 0) is 21.2 Å². The van der Waals surface area contributed by atoms with Crippen molar-refractivity contribution in [3.8, 4) is 11.1 Å². The number of aliphatic hydroxyl groups excluding tert-OH is 1. The molecule has 2 aliphatic rings. The van der Waals surface area contributed by atoms with Gasteiger partial charge < -0.3 is 15.2 Å². The lowest BCUT2D eigenvalue weighted by Gasteiger charge is -2.23. The number of rotatable bonds is 6. The van der Waals surface area contributed by atoms with Gasteiger partial charge in [-0.25, -0.2) is 27.2 Å². The lowest BCUT2D eigenvalue weighted by atomic mass is 10.0. The smallest absolute Gasteiger partial charge is 0.262 e.